The maximum absolute atomic E-state index is 13.4. The summed E-state index contributed by atoms with van der Waals surface area (Å²) in [6, 6.07) is 6.50. The average Bonchev–Trinajstić information content (AvgIpc) is 2.85. The number of rotatable bonds is 5. The van der Waals surface area contributed by atoms with Crippen LogP contribution in [0.3, 0.4) is 0 Å². The van der Waals surface area contributed by atoms with Crippen molar-refractivity contribution in [2.45, 2.75) is 72.9 Å². The minimum Gasteiger partial charge on any atom is -0.494 e. The van der Waals surface area contributed by atoms with E-state index in [0.29, 0.717) is 23.5 Å². The van der Waals surface area contributed by atoms with E-state index in [0.717, 1.165) is 40.9 Å². The van der Waals surface area contributed by atoms with Gasteiger partial charge in [0.15, 0.2) is 5.43 Å². The summed E-state index contributed by atoms with van der Waals surface area (Å²) in [6.07, 6.45) is 4.82. The van der Waals surface area contributed by atoms with E-state index >= 15 is 0 Å². The van der Waals surface area contributed by atoms with E-state index in [4.69, 9.17) is 4.74 Å². The molecule has 1 aliphatic heterocycles. The number of ether oxygens (including phenoxy) is 1. The number of aryl methyl sites for hydroxylation is 1. The van der Waals surface area contributed by atoms with E-state index < -0.39 is 0 Å². The van der Waals surface area contributed by atoms with Crippen molar-refractivity contribution in [3.63, 3.8) is 0 Å². The van der Waals surface area contributed by atoms with Crippen LogP contribution in [0.4, 0.5) is 0 Å². The Bertz CT molecular complexity index is 946. The molecule has 2 aromatic rings. The van der Waals surface area contributed by atoms with Crippen LogP contribution in [0.1, 0.15) is 64.6 Å². The maximum atomic E-state index is 13.4. The Morgan fingerprint density at radius 1 is 1.25 bits per heavy atom. The van der Waals surface area contributed by atoms with Crippen molar-refractivity contribution >= 4 is 10.9 Å². The second kappa shape index (κ2) is 6.91. The van der Waals surface area contributed by atoms with Gasteiger partial charge in [-0.25, -0.2) is 0 Å². The Hall–Kier alpha value is -1.81. The topological polar surface area (TPSA) is 46.5 Å². The summed E-state index contributed by atoms with van der Waals surface area (Å²) in [7, 11) is 0. The highest BCUT2D eigenvalue weighted by Gasteiger charge is 2.52. The number of aromatic amines is 1. The standard InChI is InChI=1S/C24H34N2O2/c1-6-9-28-18-7-8-21-19(10-18)22(27)20(16(2)25-21)13-26-15-24(5)12-17(26)11-23(3,4)14-24/h7-8,10,17H,6,9,11-15H2,1-5H3,(H,25,27)/p+1/t17-,24-/m0/s1. The molecule has 152 valence electrons. The van der Waals surface area contributed by atoms with Crippen molar-refractivity contribution in [2.24, 2.45) is 10.8 Å². The Kier molecular flexibility index (Phi) is 4.81. The fourth-order valence-electron chi connectivity index (χ4n) is 6.14. The molecule has 2 bridgehead atoms. The third kappa shape index (κ3) is 3.59. The second-order valence-electron chi connectivity index (χ2n) is 10.4. The van der Waals surface area contributed by atoms with Crippen molar-refractivity contribution in [2.75, 3.05) is 13.2 Å². The number of fused-ring (bicyclic) bond motifs is 3. The molecule has 1 saturated carbocycles. The van der Waals surface area contributed by atoms with Gasteiger partial charge >= 0.3 is 0 Å². The van der Waals surface area contributed by atoms with Crippen LogP contribution in [-0.4, -0.2) is 24.2 Å². The number of quaternary nitrogens is 1. The molecule has 3 atom stereocenters. The summed E-state index contributed by atoms with van der Waals surface area (Å²) in [6.45, 7) is 14.1. The fraction of sp³-hybridized carbons (Fsp3) is 0.625. The first kappa shape index (κ1) is 19.5. The summed E-state index contributed by atoms with van der Waals surface area (Å²) >= 11 is 0. The minimum absolute atomic E-state index is 0.173. The van der Waals surface area contributed by atoms with Crippen molar-refractivity contribution in [1.29, 1.82) is 0 Å². The molecule has 4 rings (SSSR count). The van der Waals surface area contributed by atoms with Gasteiger partial charge in [0.25, 0.3) is 0 Å². The molecule has 4 nitrogen and oxygen atoms in total. The third-order valence-electron chi connectivity index (χ3n) is 6.84. The van der Waals surface area contributed by atoms with Gasteiger partial charge in [0.1, 0.15) is 12.3 Å². The summed E-state index contributed by atoms with van der Waals surface area (Å²) in [5.41, 5.74) is 3.86. The van der Waals surface area contributed by atoms with Gasteiger partial charge in [-0.05, 0) is 43.4 Å². The molecule has 1 saturated heterocycles. The Morgan fingerprint density at radius 3 is 2.79 bits per heavy atom. The first-order valence-electron chi connectivity index (χ1n) is 10.8. The number of H-pyrrole nitrogens is 1. The molecule has 4 heteroatoms. The SMILES string of the molecule is CCCOc1ccc2[nH]c(C)c(C[NH+]3C[C@@]4(C)C[C@@H]3CC(C)(C)C4)c(=O)c2c1. The molecule has 1 aromatic heterocycles. The highest BCUT2D eigenvalue weighted by molar-refractivity contribution is 5.81. The number of hydrogen-bond donors (Lipinski definition) is 2. The molecule has 0 amide bonds. The summed E-state index contributed by atoms with van der Waals surface area (Å²) in [5, 5.41) is 0.752. The third-order valence-corrected chi connectivity index (χ3v) is 6.84. The van der Waals surface area contributed by atoms with Crippen molar-refractivity contribution in [3.8, 4) is 5.75 Å². The molecule has 1 aromatic carbocycles. The molecule has 1 unspecified atom stereocenters. The highest BCUT2D eigenvalue weighted by atomic mass is 16.5. The first-order chi connectivity index (χ1) is 13.2. The van der Waals surface area contributed by atoms with Crippen molar-refractivity contribution in [3.05, 3.63) is 39.7 Å². The van der Waals surface area contributed by atoms with Crippen LogP contribution in [0.15, 0.2) is 23.0 Å². The van der Waals surface area contributed by atoms with Gasteiger partial charge in [-0.1, -0.05) is 27.7 Å². The normalized spacial score (nSPS) is 28.6. The zero-order valence-electron chi connectivity index (χ0n) is 18.1. The van der Waals surface area contributed by atoms with E-state index in [9.17, 15) is 4.79 Å². The summed E-state index contributed by atoms with van der Waals surface area (Å²) < 4.78 is 5.76. The maximum Gasteiger partial charge on any atom is 0.198 e. The van der Waals surface area contributed by atoms with Gasteiger partial charge in [-0.15, -0.1) is 0 Å². The van der Waals surface area contributed by atoms with Gasteiger partial charge in [0, 0.05) is 34.9 Å². The van der Waals surface area contributed by atoms with E-state index in [1.165, 1.54) is 25.8 Å². The van der Waals surface area contributed by atoms with Crippen LogP contribution in [-0.2, 0) is 6.54 Å². The fourth-order valence-corrected chi connectivity index (χ4v) is 6.14. The van der Waals surface area contributed by atoms with Crippen LogP contribution in [0, 0.1) is 17.8 Å². The average molecular weight is 384 g/mol. The zero-order valence-corrected chi connectivity index (χ0v) is 18.1. The molecule has 1 aliphatic carbocycles. The summed E-state index contributed by atoms with van der Waals surface area (Å²) in [4.78, 5) is 18.4. The molecule has 2 fully saturated rings. The van der Waals surface area contributed by atoms with Gasteiger partial charge in [0.2, 0.25) is 0 Å². The lowest BCUT2D eigenvalue weighted by Crippen LogP contribution is -3.12. The molecule has 0 radical (unpaired) electrons. The molecular weight excluding hydrogens is 348 g/mol. The lowest BCUT2D eigenvalue weighted by molar-refractivity contribution is -0.928. The smallest absolute Gasteiger partial charge is 0.198 e. The minimum atomic E-state index is 0.173. The molecule has 2 N–H and O–H groups in total. The quantitative estimate of drug-likeness (QED) is 0.829. The van der Waals surface area contributed by atoms with E-state index in [-0.39, 0.29) is 5.43 Å². The van der Waals surface area contributed by atoms with Crippen LogP contribution < -0.4 is 15.1 Å². The van der Waals surface area contributed by atoms with Gasteiger partial charge < -0.3 is 14.6 Å². The van der Waals surface area contributed by atoms with E-state index in [1.54, 1.807) is 4.90 Å². The summed E-state index contributed by atoms with van der Waals surface area (Å²) in [5.74, 6) is 0.785. The number of pyridine rings is 1. The van der Waals surface area contributed by atoms with E-state index in [1.807, 2.05) is 25.1 Å². The molecule has 0 spiro atoms. The number of hydrogen-bond acceptors (Lipinski definition) is 2. The molecular formula is C24H35N2O2+. The zero-order chi connectivity index (χ0) is 20.1. The first-order valence-corrected chi connectivity index (χ1v) is 10.8. The molecule has 2 heterocycles. The van der Waals surface area contributed by atoms with Crippen LogP contribution in [0.5, 0.6) is 5.75 Å². The van der Waals surface area contributed by atoms with Gasteiger partial charge in [-0.2, -0.15) is 0 Å². The highest BCUT2D eigenvalue weighted by Crippen LogP contribution is 2.47. The number of nitrogens with one attached hydrogen (secondary N) is 2. The monoisotopic (exact) mass is 383 g/mol. The second-order valence-corrected chi connectivity index (χ2v) is 10.4. The lowest BCUT2D eigenvalue weighted by atomic mass is 9.65. The molecule has 2 aliphatic rings. The predicted molar refractivity (Wildman–Crippen MR) is 114 cm³/mol. The number of aromatic nitrogens is 1. The van der Waals surface area contributed by atoms with Crippen LogP contribution in [0.2, 0.25) is 0 Å². The largest absolute Gasteiger partial charge is 0.494 e. The Balaban J connectivity index is 1.66. The van der Waals surface area contributed by atoms with E-state index in [2.05, 4.69) is 32.7 Å². The molecule has 28 heavy (non-hydrogen) atoms. The Morgan fingerprint density at radius 2 is 2.04 bits per heavy atom. The number of likely N-dealkylation sites (tertiary alicyclic amines) is 1. The van der Waals surface area contributed by atoms with Crippen LogP contribution in [0.25, 0.3) is 10.9 Å². The van der Waals surface area contributed by atoms with Crippen molar-refractivity contribution in [1.82, 2.24) is 4.98 Å². The predicted octanol–water partition coefficient (Wildman–Crippen LogP) is 3.61. The van der Waals surface area contributed by atoms with Crippen molar-refractivity contribution < 1.29 is 9.64 Å². The number of benzene rings is 1. The Labute approximate surface area is 168 Å². The van der Waals surface area contributed by atoms with Gasteiger partial charge in [0.05, 0.1) is 24.8 Å². The van der Waals surface area contributed by atoms with Gasteiger partial charge in [-0.3, -0.25) is 4.79 Å². The van der Waals surface area contributed by atoms with Crippen LogP contribution >= 0.6 is 0 Å². The lowest BCUT2D eigenvalue weighted by Gasteiger charge is -2.37.